The van der Waals surface area contributed by atoms with Crippen LogP contribution in [0, 0.1) is 0 Å². The number of aliphatic hydroxyl groups is 1. The number of rotatable bonds is 5. The molecular formula is C15H20ClNO3. The molecule has 1 unspecified atom stereocenters. The number of ether oxygens (including phenoxy) is 1. The molecule has 2 rings (SSSR count). The van der Waals surface area contributed by atoms with Gasteiger partial charge in [0.05, 0.1) is 5.60 Å². The molecule has 1 aromatic rings. The minimum absolute atomic E-state index is 0.197. The molecule has 1 heterocycles. The van der Waals surface area contributed by atoms with Gasteiger partial charge in [-0.25, -0.2) is 0 Å². The summed E-state index contributed by atoms with van der Waals surface area (Å²) >= 11 is 5.92. The average Bonchev–Trinajstić information content (AvgIpc) is 2.87. The lowest BCUT2D eigenvalue weighted by Gasteiger charge is -2.26. The van der Waals surface area contributed by atoms with Crippen LogP contribution in [0.5, 0.6) is 5.75 Å². The molecule has 0 fully saturated rings. The van der Waals surface area contributed by atoms with Crippen LogP contribution in [-0.4, -0.2) is 29.3 Å². The predicted molar refractivity (Wildman–Crippen MR) is 78.1 cm³/mol. The Bertz CT molecular complexity index is 500. The lowest BCUT2D eigenvalue weighted by Crippen LogP contribution is -2.46. The Kier molecular flexibility index (Phi) is 4.55. The maximum Gasteiger partial charge on any atom is 0.261 e. The number of carbonyl (C=O) groups is 1. The number of carbonyl (C=O) groups excluding carboxylic acids is 1. The van der Waals surface area contributed by atoms with Crippen molar-refractivity contribution in [3.8, 4) is 5.75 Å². The van der Waals surface area contributed by atoms with Crippen LogP contribution in [0.3, 0.4) is 0 Å². The van der Waals surface area contributed by atoms with Gasteiger partial charge in [-0.05, 0) is 36.6 Å². The Morgan fingerprint density at radius 3 is 2.85 bits per heavy atom. The van der Waals surface area contributed by atoms with Crippen molar-refractivity contribution in [2.24, 2.45) is 0 Å². The largest absolute Gasteiger partial charge is 0.480 e. The van der Waals surface area contributed by atoms with Crippen LogP contribution in [-0.2, 0) is 11.2 Å². The topological polar surface area (TPSA) is 58.6 Å². The van der Waals surface area contributed by atoms with Gasteiger partial charge in [-0.1, -0.05) is 25.4 Å². The summed E-state index contributed by atoms with van der Waals surface area (Å²) in [5.41, 5.74) is 0.101. The molecule has 0 radical (unpaired) electrons. The third kappa shape index (κ3) is 3.25. The second-order valence-corrected chi connectivity index (χ2v) is 5.65. The molecule has 4 nitrogen and oxygen atoms in total. The zero-order valence-electron chi connectivity index (χ0n) is 11.8. The lowest BCUT2D eigenvalue weighted by molar-refractivity contribution is -0.128. The van der Waals surface area contributed by atoms with Crippen molar-refractivity contribution in [3.05, 3.63) is 28.8 Å². The molecule has 2 N–H and O–H groups in total. The van der Waals surface area contributed by atoms with Gasteiger partial charge in [-0.3, -0.25) is 4.79 Å². The molecular weight excluding hydrogens is 278 g/mol. The van der Waals surface area contributed by atoms with Gasteiger partial charge in [0.15, 0.2) is 6.10 Å². The third-order valence-electron chi connectivity index (χ3n) is 3.90. The van der Waals surface area contributed by atoms with Crippen LogP contribution in [0.25, 0.3) is 0 Å². The SMILES string of the molecule is CCC(O)(CC)CNC(=O)C1Cc2cc(Cl)ccc2O1. The highest BCUT2D eigenvalue weighted by atomic mass is 35.5. The van der Waals surface area contributed by atoms with E-state index in [0.717, 1.165) is 5.56 Å². The molecule has 110 valence electrons. The Morgan fingerprint density at radius 2 is 2.20 bits per heavy atom. The highest BCUT2D eigenvalue weighted by Crippen LogP contribution is 2.31. The van der Waals surface area contributed by atoms with Gasteiger partial charge >= 0.3 is 0 Å². The smallest absolute Gasteiger partial charge is 0.261 e. The summed E-state index contributed by atoms with van der Waals surface area (Å²) in [6.07, 6.45) is 1.18. The number of halogens is 1. The standard InChI is InChI=1S/C15H20ClNO3/c1-3-15(19,4-2)9-17-14(18)13-8-10-7-11(16)5-6-12(10)20-13/h5-7,13,19H,3-4,8-9H2,1-2H3,(H,17,18). The molecule has 0 saturated heterocycles. The van der Waals surface area contributed by atoms with E-state index in [1.54, 1.807) is 12.1 Å². The van der Waals surface area contributed by atoms with Crippen LogP contribution >= 0.6 is 11.6 Å². The van der Waals surface area contributed by atoms with Crippen molar-refractivity contribution >= 4 is 17.5 Å². The van der Waals surface area contributed by atoms with E-state index in [1.165, 1.54) is 0 Å². The molecule has 1 amide bonds. The first-order chi connectivity index (χ1) is 9.47. The Balaban J connectivity index is 1.93. The van der Waals surface area contributed by atoms with E-state index in [-0.39, 0.29) is 12.5 Å². The third-order valence-corrected chi connectivity index (χ3v) is 4.13. The predicted octanol–water partition coefficient (Wildman–Crippen LogP) is 2.31. The van der Waals surface area contributed by atoms with Gasteiger partial charge in [-0.15, -0.1) is 0 Å². The van der Waals surface area contributed by atoms with Gasteiger partial charge in [0.25, 0.3) is 5.91 Å². The van der Waals surface area contributed by atoms with E-state index in [2.05, 4.69) is 5.32 Å². The highest BCUT2D eigenvalue weighted by molar-refractivity contribution is 6.30. The van der Waals surface area contributed by atoms with Gasteiger partial charge in [-0.2, -0.15) is 0 Å². The molecule has 0 saturated carbocycles. The fourth-order valence-electron chi connectivity index (χ4n) is 2.23. The van der Waals surface area contributed by atoms with Gasteiger partial charge in [0, 0.05) is 18.0 Å². The number of fused-ring (bicyclic) bond motifs is 1. The fraction of sp³-hybridized carbons (Fsp3) is 0.533. The molecule has 5 heteroatoms. The lowest BCUT2D eigenvalue weighted by atomic mass is 9.97. The number of nitrogens with one attached hydrogen (secondary N) is 1. The van der Waals surface area contributed by atoms with Crippen LogP contribution in [0.2, 0.25) is 5.02 Å². The molecule has 0 spiro atoms. The van der Waals surface area contributed by atoms with Crippen molar-refractivity contribution in [2.75, 3.05) is 6.54 Å². The van der Waals surface area contributed by atoms with Gasteiger partial charge in [0.1, 0.15) is 5.75 Å². The molecule has 1 aromatic carbocycles. The minimum atomic E-state index is -0.843. The van der Waals surface area contributed by atoms with Gasteiger partial charge in [0.2, 0.25) is 0 Å². The van der Waals surface area contributed by atoms with Crippen LogP contribution < -0.4 is 10.1 Å². The van der Waals surface area contributed by atoms with Crippen molar-refractivity contribution in [1.82, 2.24) is 5.32 Å². The summed E-state index contributed by atoms with van der Waals surface area (Å²) in [5, 5.41) is 13.6. The first-order valence-corrected chi connectivity index (χ1v) is 7.30. The van der Waals surface area contributed by atoms with E-state index < -0.39 is 11.7 Å². The summed E-state index contributed by atoms with van der Waals surface area (Å²) in [4.78, 5) is 12.1. The molecule has 0 aliphatic carbocycles. The zero-order chi connectivity index (χ0) is 14.8. The van der Waals surface area contributed by atoms with Crippen LogP contribution in [0.1, 0.15) is 32.3 Å². The fourth-order valence-corrected chi connectivity index (χ4v) is 2.42. The molecule has 20 heavy (non-hydrogen) atoms. The second kappa shape index (κ2) is 6.02. The molecule has 1 atom stereocenters. The normalized spacial score (nSPS) is 17.5. The molecule has 0 aromatic heterocycles. The van der Waals surface area contributed by atoms with Crippen molar-refractivity contribution < 1.29 is 14.6 Å². The maximum atomic E-state index is 12.1. The van der Waals surface area contributed by atoms with E-state index in [0.29, 0.717) is 30.0 Å². The van der Waals surface area contributed by atoms with Crippen molar-refractivity contribution in [3.63, 3.8) is 0 Å². The number of hydrogen-bond acceptors (Lipinski definition) is 3. The first-order valence-electron chi connectivity index (χ1n) is 6.92. The summed E-state index contributed by atoms with van der Waals surface area (Å²) in [5.74, 6) is 0.508. The monoisotopic (exact) mass is 297 g/mol. The Labute approximate surface area is 124 Å². The van der Waals surface area contributed by atoms with Crippen LogP contribution in [0.15, 0.2) is 18.2 Å². The van der Waals surface area contributed by atoms with E-state index in [1.807, 2.05) is 19.9 Å². The van der Waals surface area contributed by atoms with E-state index >= 15 is 0 Å². The minimum Gasteiger partial charge on any atom is -0.480 e. The maximum absolute atomic E-state index is 12.1. The summed E-state index contributed by atoms with van der Waals surface area (Å²) < 4.78 is 5.60. The number of benzene rings is 1. The number of amides is 1. The average molecular weight is 298 g/mol. The highest BCUT2D eigenvalue weighted by Gasteiger charge is 2.31. The quantitative estimate of drug-likeness (QED) is 0.877. The second-order valence-electron chi connectivity index (χ2n) is 5.21. The number of hydrogen-bond donors (Lipinski definition) is 2. The van der Waals surface area contributed by atoms with E-state index in [4.69, 9.17) is 16.3 Å². The molecule has 1 aliphatic rings. The van der Waals surface area contributed by atoms with Crippen molar-refractivity contribution in [1.29, 1.82) is 0 Å². The molecule has 0 bridgehead atoms. The summed E-state index contributed by atoms with van der Waals surface area (Å²) in [7, 11) is 0. The molecule has 1 aliphatic heterocycles. The van der Waals surface area contributed by atoms with E-state index in [9.17, 15) is 9.90 Å². The summed E-state index contributed by atoms with van der Waals surface area (Å²) in [6, 6.07) is 5.34. The Hall–Kier alpha value is -1.26. The summed E-state index contributed by atoms with van der Waals surface area (Å²) in [6.45, 7) is 4.05. The Morgan fingerprint density at radius 1 is 1.50 bits per heavy atom. The first kappa shape index (κ1) is 15.1. The van der Waals surface area contributed by atoms with Crippen molar-refractivity contribution in [2.45, 2.75) is 44.8 Å². The van der Waals surface area contributed by atoms with Gasteiger partial charge < -0.3 is 15.2 Å². The zero-order valence-corrected chi connectivity index (χ0v) is 12.5. The van der Waals surface area contributed by atoms with Crippen LogP contribution in [0.4, 0.5) is 0 Å².